The summed E-state index contributed by atoms with van der Waals surface area (Å²) in [6, 6.07) is 23.1. The van der Waals surface area contributed by atoms with Gasteiger partial charge in [-0.05, 0) is 84.5 Å². The van der Waals surface area contributed by atoms with Crippen LogP contribution in [0.5, 0.6) is 0 Å². The summed E-state index contributed by atoms with van der Waals surface area (Å²) in [7, 11) is 0. The molecule has 0 amide bonds. The summed E-state index contributed by atoms with van der Waals surface area (Å²) >= 11 is 0. The van der Waals surface area contributed by atoms with E-state index in [0.717, 1.165) is 52.2 Å². The van der Waals surface area contributed by atoms with Crippen molar-refractivity contribution in [3.8, 4) is 11.1 Å². The number of rotatable bonds is 17. The minimum absolute atomic E-state index is 0.586. The van der Waals surface area contributed by atoms with E-state index in [-0.39, 0.29) is 0 Å². The molecular weight excluding hydrogens is 556 g/mol. The average molecular weight is 613 g/mol. The second-order valence-electron chi connectivity index (χ2n) is 13.0. The first-order valence-corrected chi connectivity index (χ1v) is 17.2. The van der Waals surface area contributed by atoms with E-state index in [2.05, 4.69) is 75.0 Å². The lowest BCUT2D eigenvalue weighted by Gasteiger charge is -2.33. The van der Waals surface area contributed by atoms with E-state index in [9.17, 15) is 0 Å². The summed E-state index contributed by atoms with van der Waals surface area (Å²) in [5.41, 5.74) is 37.4. The Balaban J connectivity index is 1.45. The van der Waals surface area contributed by atoms with Gasteiger partial charge in [0, 0.05) is 93.8 Å². The predicted octanol–water partition coefficient (Wildman–Crippen LogP) is 4.02. The van der Waals surface area contributed by atoms with E-state index in [0.29, 0.717) is 44.6 Å². The molecule has 1 aliphatic rings. The topological polar surface area (TPSA) is 142 Å². The van der Waals surface area contributed by atoms with Gasteiger partial charge >= 0.3 is 0 Å². The van der Waals surface area contributed by atoms with E-state index in [1.54, 1.807) is 0 Å². The molecule has 2 atom stereocenters. The second kappa shape index (κ2) is 16.7. The van der Waals surface area contributed by atoms with Crippen LogP contribution in [0.1, 0.15) is 49.1 Å². The standard InChI is InChI=1S/C37H56N8/c38-12-3-17-45-36-24-32(30-6-1-4-28(22-30)26-43(18-13-39)19-14-40)8-10-34(36)35-11-9-33(25-37(35)45)31-7-2-5-29(23-31)27-44(20-15-41)21-16-42/h1,4,6,8-11,22,24-25,29,31H,2-3,5,7,12-21,23,26-27,38-42H2. The summed E-state index contributed by atoms with van der Waals surface area (Å²) in [5, 5.41) is 2.64. The molecule has 1 aromatic heterocycles. The summed E-state index contributed by atoms with van der Waals surface area (Å²) < 4.78 is 2.52. The fraction of sp³-hybridized carbons (Fsp3) is 0.514. The van der Waals surface area contributed by atoms with Crippen LogP contribution < -0.4 is 28.7 Å². The molecule has 1 heterocycles. The molecule has 2 unspecified atom stereocenters. The van der Waals surface area contributed by atoms with Gasteiger partial charge in [0.05, 0.1) is 0 Å². The van der Waals surface area contributed by atoms with Gasteiger partial charge in [-0.1, -0.05) is 48.9 Å². The Morgan fingerprint density at radius 3 is 2.04 bits per heavy atom. The third-order valence-corrected chi connectivity index (χ3v) is 9.70. The molecule has 45 heavy (non-hydrogen) atoms. The van der Waals surface area contributed by atoms with Crippen molar-refractivity contribution in [3.63, 3.8) is 0 Å². The first kappa shape index (κ1) is 33.5. The third kappa shape index (κ3) is 8.32. The zero-order valence-corrected chi connectivity index (χ0v) is 27.2. The number of aryl methyl sites for hydroxylation is 1. The van der Waals surface area contributed by atoms with E-state index in [1.807, 2.05) is 0 Å². The first-order valence-electron chi connectivity index (χ1n) is 17.2. The summed E-state index contributed by atoms with van der Waals surface area (Å²) in [5.74, 6) is 1.28. The van der Waals surface area contributed by atoms with Gasteiger partial charge in [-0.15, -0.1) is 0 Å². The van der Waals surface area contributed by atoms with E-state index < -0.39 is 0 Å². The minimum atomic E-state index is 0.586. The molecule has 0 radical (unpaired) electrons. The van der Waals surface area contributed by atoms with Crippen molar-refractivity contribution < 1.29 is 0 Å². The number of hydrogen-bond donors (Lipinski definition) is 5. The third-order valence-electron chi connectivity index (χ3n) is 9.70. The second-order valence-corrected chi connectivity index (χ2v) is 13.0. The van der Waals surface area contributed by atoms with Crippen LogP contribution in [0.3, 0.4) is 0 Å². The fourth-order valence-corrected chi connectivity index (χ4v) is 7.56. The molecule has 10 N–H and O–H groups in total. The van der Waals surface area contributed by atoms with E-state index >= 15 is 0 Å². The molecule has 244 valence electrons. The van der Waals surface area contributed by atoms with Crippen molar-refractivity contribution in [1.29, 1.82) is 0 Å². The summed E-state index contributed by atoms with van der Waals surface area (Å²) in [4.78, 5) is 4.79. The van der Waals surface area contributed by atoms with Crippen molar-refractivity contribution in [2.75, 3.05) is 65.4 Å². The lowest BCUT2D eigenvalue weighted by atomic mass is 9.77. The van der Waals surface area contributed by atoms with Gasteiger partial charge in [-0.3, -0.25) is 4.90 Å². The Hall–Kier alpha value is -2.82. The molecule has 3 aromatic carbocycles. The maximum Gasteiger partial charge on any atom is 0.0497 e. The van der Waals surface area contributed by atoms with Gasteiger partial charge in [-0.25, -0.2) is 0 Å². The minimum Gasteiger partial charge on any atom is -0.340 e. The molecule has 0 bridgehead atoms. The predicted molar refractivity (Wildman–Crippen MR) is 191 cm³/mol. The molecule has 1 saturated carbocycles. The number of aromatic nitrogens is 1. The number of nitrogens with zero attached hydrogens (tertiary/aromatic N) is 3. The van der Waals surface area contributed by atoms with Crippen LogP contribution >= 0.6 is 0 Å². The van der Waals surface area contributed by atoms with Crippen LogP contribution in [0, 0.1) is 5.92 Å². The quantitative estimate of drug-likeness (QED) is 0.121. The molecule has 8 nitrogen and oxygen atoms in total. The van der Waals surface area contributed by atoms with Crippen LogP contribution in [0.15, 0.2) is 60.7 Å². The van der Waals surface area contributed by atoms with Crippen molar-refractivity contribution in [3.05, 3.63) is 71.8 Å². The van der Waals surface area contributed by atoms with Gasteiger partial charge < -0.3 is 38.1 Å². The zero-order chi connectivity index (χ0) is 31.6. The molecular formula is C37H56N8. The monoisotopic (exact) mass is 612 g/mol. The molecule has 0 spiro atoms. The van der Waals surface area contributed by atoms with Crippen LogP contribution in [-0.2, 0) is 13.1 Å². The molecule has 0 saturated heterocycles. The SMILES string of the molecule is NCCCn1c2cc(-c3cccc(CN(CCN)CCN)c3)ccc2c2ccc(C3CCCC(CN(CCN)CCN)C3)cc21. The first-order chi connectivity index (χ1) is 22.1. The number of benzene rings is 3. The maximum absolute atomic E-state index is 6.05. The summed E-state index contributed by atoms with van der Waals surface area (Å²) in [6.07, 6.45) is 6.01. The lowest BCUT2D eigenvalue weighted by molar-refractivity contribution is 0.199. The molecule has 1 fully saturated rings. The normalized spacial score (nSPS) is 17.3. The maximum atomic E-state index is 6.05. The van der Waals surface area contributed by atoms with E-state index in [1.165, 1.54) is 69.7 Å². The van der Waals surface area contributed by atoms with Gasteiger partial charge in [0.15, 0.2) is 0 Å². The molecule has 0 aliphatic heterocycles. The molecule has 1 aliphatic carbocycles. The highest BCUT2D eigenvalue weighted by atomic mass is 15.1. The smallest absolute Gasteiger partial charge is 0.0497 e. The zero-order valence-electron chi connectivity index (χ0n) is 27.2. The molecule has 5 rings (SSSR count). The average Bonchev–Trinajstić information content (AvgIpc) is 3.36. The van der Waals surface area contributed by atoms with Crippen molar-refractivity contribution in [2.24, 2.45) is 34.6 Å². The Labute approximate surface area is 269 Å². The Morgan fingerprint density at radius 2 is 1.33 bits per heavy atom. The Morgan fingerprint density at radius 1 is 0.667 bits per heavy atom. The van der Waals surface area contributed by atoms with Crippen molar-refractivity contribution in [1.82, 2.24) is 14.4 Å². The Kier molecular flexibility index (Phi) is 12.4. The van der Waals surface area contributed by atoms with Crippen LogP contribution in [0.4, 0.5) is 0 Å². The van der Waals surface area contributed by atoms with Crippen LogP contribution in [0.2, 0.25) is 0 Å². The van der Waals surface area contributed by atoms with Crippen LogP contribution in [0.25, 0.3) is 32.9 Å². The highest BCUT2D eigenvalue weighted by molar-refractivity contribution is 6.09. The Bertz CT molecular complexity index is 1480. The van der Waals surface area contributed by atoms with Crippen molar-refractivity contribution in [2.45, 2.75) is 51.1 Å². The number of hydrogen-bond acceptors (Lipinski definition) is 7. The lowest BCUT2D eigenvalue weighted by Crippen LogP contribution is -2.38. The number of nitrogens with two attached hydrogens (primary N) is 5. The van der Waals surface area contributed by atoms with Crippen LogP contribution in [-0.4, -0.2) is 79.8 Å². The van der Waals surface area contributed by atoms with Crippen molar-refractivity contribution >= 4 is 21.8 Å². The fourth-order valence-electron chi connectivity index (χ4n) is 7.56. The van der Waals surface area contributed by atoms with E-state index in [4.69, 9.17) is 28.7 Å². The summed E-state index contributed by atoms with van der Waals surface area (Å²) in [6.45, 7) is 9.75. The molecule has 8 heteroatoms. The number of fused-ring (bicyclic) bond motifs is 3. The van der Waals surface area contributed by atoms with Gasteiger partial charge in [0.1, 0.15) is 0 Å². The largest absolute Gasteiger partial charge is 0.340 e. The van der Waals surface area contributed by atoms with Gasteiger partial charge in [0.25, 0.3) is 0 Å². The highest BCUT2D eigenvalue weighted by Gasteiger charge is 2.25. The van der Waals surface area contributed by atoms with Gasteiger partial charge in [0.2, 0.25) is 0 Å². The van der Waals surface area contributed by atoms with Gasteiger partial charge in [-0.2, -0.15) is 0 Å². The highest BCUT2D eigenvalue weighted by Crippen LogP contribution is 2.40. The molecule has 4 aromatic rings.